The van der Waals surface area contributed by atoms with Crippen LogP contribution in [0.1, 0.15) is 23.1 Å². The molecule has 0 saturated heterocycles. The van der Waals surface area contributed by atoms with Gasteiger partial charge in [-0.2, -0.15) is 5.26 Å². The average molecular weight is 211 g/mol. The summed E-state index contributed by atoms with van der Waals surface area (Å²) < 4.78 is 30.2. The van der Waals surface area contributed by atoms with Crippen molar-refractivity contribution in [3.8, 4) is 11.8 Å². The first-order chi connectivity index (χ1) is 7.10. The molecule has 0 fully saturated rings. The minimum absolute atomic E-state index is 0.0740. The van der Waals surface area contributed by atoms with Gasteiger partial charge >= 0.3 is 0 Å². The molecule has 0 unspecified atom stereocenters. The van der Waals surface area contributed by atoms with E-state index in [1.807, 2.05) is 6.07 Å². The van der Waals surface area contributed by atoms with Crippen LogP contribution in [0, 0.1) is 18.3 Å². The van der Waals surface area contributed by atoms with E-state index in [9.17, 15) is 8.78 Å². The van der Waals surface area contributed by atoms with Crippen molar-refractivity contribution < 1.29 is 13.5 Å². The zero-order valence-corrected chi connectivity index (χ0v) is 8.55. The van der Waals surface area contributed by atoms with E-state index in [0.717, 1.165) is 0 Å². The van der Waals surface area contributed by atoms with Crippen molar-refractivity contribution >= 4 is 0 Å². The van der Waals surface area contributed by atoms with Crippen molar-refractivity contribution in [1.82, 2.24) is 0 Å². The van der Waals surface area contributed by atoms with E-state index in [1.165, 1.54) is 13.2 Å². The lowest BCUT2D eigenvalue weighted by molar-refractivity contribution is 0.147. The molecule has 0 aliphatic rings. The highest BCUT2D eigenvalue weighted by Crippen LogP contribution is 2.33. The first kappa shape index (κ1) is 11.4. The number of halogens is 2. The van der Waals surface area contributed by atoms with Gasteiger partial charge in [-0.1, -0.05) is 11.6 Å². The Hall–Kier alpha value is -1.63. The maximum absolute atomic E-state index is 12.7. The van der Waals surface area contributed by atoms with Gasteiger partial charge in [0.05, 0.1) is 25.2 Å². The molecule has 0 aliphatic heterocycles. The van der Waals surface area contributed by atoms with Crippen molar-refractivity contribution in [1.29, 1.82) is 5.26 Å². The molecular formula is C11H11F2NO. The Bertz CT molecular complexity index is 396. The van der Waals surface area contributed by atoms with E-state index in [1.54, 1.807) is 13.0 Å². The predicted octanol–water partition coefficient (Wildman–Crippen LogP) is 3.01. The number of aryl methyl sites for hydroxylation is 1. The summed E-state index contributed by atoms with van der Waals surface area (Å²) in [6, 6.07) is 4.99. The summed E-state index contributed by atoms with van der Waals surface area (Å²) in [6.07, 6.45) is -2.51. The lowest BCUT2D eigenvalue weighted by Crippen LogP contribution is -1.99. The van der Waals surface area contributed by atoms with Crippen LogP contribution >= 0.6 is 0 Å². The second-order valence-corrected chi connectivity index (χ2v) is 3.18. The molecule has 0 bridgehead atoms. The SMILES string of the molecule is COc1c(CC#N)cc(C)cc1C(F)F. The summed E-state index contributed by atoms with van der Waals surface area (Å²) in [5.74, 6) is 0.122. The third-order valence-corrected chi connectivity index (χ3v) is 2.05. The molecule has 0 aromatic heterocycles. The quantitative estimate of drug-likeness (QED) is 0.769. The van der Waals surface area contributed by atoms with Crippen molar-refractivity contribution in [2.75, 3.05) is 7.11 Å². The largest absolute Gasteiger partial charge is 0.496 e. The highest BCUT2D eigenvalue weighted by Gasteiger charge is 2.17. The highest BCUT2D eigenvalue weighted by molar-refractivity contribution is 5.46. The molecule has 0 heterocycles. The maximum atomic E-state index is 12.7. The number of nitrogens with zero attached hydrogens (tertiary/aromatic N) is 1. The van der Waals surface area contributed by atoms with Crippen LogP contribution in [0.25, 0.3) is 0 Å². The molecule has 0 aliphatic carbocycles. The highest BCUT2D eigenvalue weighted by atomic mass is 19.3. The number of methoxy groups -OCH3 is 1. The van der Waals surface area contributed by atoms with E-state index in [0.29, 0.717) is 11.1 Å². The van der Waals surface area contributed by atoms with Gasteiger partial charge in [0.1, 0.15) is 5.75 Å². The third kappa shape index (κ3) is 2.44. The van der Waals surface area contributed by atoms with Gasteiger partial charge in [0.15, 0.2) is 0 Å². The predicted molar refractivity (Wildman–Crippen MR) is 52.0 cm³/mol. The Morgan fingerprint density at radius 1 is 1.47 bits per heavy atom. The number of hydrogen-bond acceptors (Lipinski definition) is 2. The third-order valence-electron chi connectivity index (χ3n) is 2.05. The molecule has 1 aromatic rings. The fourth-order valence-electron chi connectivity index (χ4n) is 1.51. The number of benzene rings is 1. The van der Waals surface area contributed by atoms with E-state index < -0.39 is 6.43 Å². The second-order valence-electron chi connectivity index (χ2n) is 3.18. The first-order valence-corrected chi connectivity index (χ1v) is 4.42. The van der Waals surface area contributed by atoms with Crippen molar-refractivity contribution in [2.24, 2.45) is 0 Å². The molecule has 0 atom stereocenters. The van der Waals surface area contributed by atoms with Gasteiger partial charge < -0.3 is 4.74 Å². The summed E-state index contributed by atoms with van der Waals surface area (Å²) in [7, 11) is 1.33. The molecule has 0 radical (unpaired) electrons. The molecule has 1 rings (SSSR count). The van der Waals surface area contributed by atoms with Crippen molar-refractivity contribution in [3.05, 3.63) is 28.8 Å². The summed E-state index contributed by atoms with van der Waals surface area (Å²) in [5, 5.41) is 8.57. The molecule has 0 N–H and O–H groups in total. The van der Waals surface area contributed by atoms with Crippen LogP contribution in [0.3, 0.4) is 0 Å². The fraction of sp³-hybridized carbons (Fsp3) is 0.364. The van der Waals surface area contributed by atoms with Crippen LogP contribution < -0.4 is 4.74 Å². The van der Waals surface area contributed by atoms with Crippen LogP contribution in [-0.4, -0.2) is 7.11 Å². The van der Waals surface area contributed by atoms with Gasteiger partial charge in [0.2, 0.25) is 0 Å². The zero-order valence-electron chi connectivity index (χ0n) is 8.55. The standard InChI is InChI=1S/C11H11F2NO/c1-7-5-8(3-4-14)10(15-2)9(6-7)11(12)13/h5-6,11H,3H2,1-2H3. The first-order valence-electron chi connectivity index (χ1n) is 4.42. The van der Waals surface area contributed by atoms with Crippen LogP contribution in [0.15, 0.2) is 12.1 Å². The van der Waals surface area contributed by atoms with Crippen LogP contribution in [0.4, 0.5) is 8.78 Å². The molecule has 4 heteroatoms. The maximum Gasteiger partial charge on any atom is 0.267 e. The Balaban J connectivity index is 3.33. The minimum Gasteiger partial charge on any atom is -0.496 e. The molecular weight excluding hydrogens is 200 g/mol. The number of ether oxygens (including phenoxy) is 1. The number of hydrogen-bond donors (Lipinski definition) is 0. The summed E-state index contributed by atoms with van der Waals surface area (Å²) in [4.78, 5) is 0. The Labute approximate surface area is 87.1 Å². The second kappa shape index (κ2) is 4.74. The molecule has 1 aromatic carbocycles. The minimum atomic E-state index is -2.59. The lowest BCUT2D eigenvalue weighted by atomic mass is 10.0. The van der Waals surface area contributed by atoms with Gasteiger partial charge in [-0.3, -0.25) is 0 Å². The molecule has 0 saturated carbocycles. The fourth-order valence-corrected chi connectivity index (χ4v) is 1.51. The van der Waals surface area contributed by atoms with Crippen LogP contribution in [0.2, 0.25) is 0 Å². The van der Waals surface area contributed by atoms with Crippen LogP contribution in [0.5, 0.6) is 5.75 Å². The topological polar surface area (TPSA) is 33.0 Å². The molecule has 15 heavy (non-hydrogen) atoms. The zero-order chi connectivity index (χ0) is 11.4. The van der Waals surface area contributed by atoms with Crippen molar-refractivity contribution in [2.45, 2.75) is 19.8 Å². The number of alkyl halides is 2. The Kier molecular flexibility index (Phi) is 3.62. The van der Waals surface area contributed by atoms with Gasteiger partial charge in [-0.15, -0.1) is 0 Å². The van der Waals surface area contributed by atoms with Gasteiger partial charge in [-0.05, 0) is 13.0 Å². The van der Waals surface area contributed by atoms with Gasteiger partial charge in [0.25, 0.3) is 6.43 Å². The summed E-state index contributed by atoms with van der Waals surface area (Å²) >= 11 is 0. The Morgan fingerprint density at radius 2 is 2.13 bits per heavy atom. The number of nitriles is 1. The van der Waals surface area contributed by atoms with E-state index in [4.69, 9.17) is 10.00 Å². The summed E-state index contributed by atoms with van der Waals surface area (Å²) in [5.41, 5.74) is 1.06. The van der Waals surface area contributed by atoms with E-state index >= 15 is 0 Å². The van der Waals surface area contributed by atoms with E-state index in [-0.39, 0.29) is 17.7 Å². The molecule has 0 amide bonds. The van der Waals surface area contributed by atoms with Crippen molar-refractivity contribution in [3.63, 3.8) is 0 Å². The molecule has 80 valence electrons. The monoisotopic (exact) mass is 211 g/mol. The molecule has 0 spiro atoms. The number of rotatable bonds is 3. The smallest absolute Gasteiger partial charge is 0.267 e. The van der Waals surface area contributed by atoms with E-state index in [2.05, 4.69) is 0 Å². The van der Waals surface area contributed by atoms with Gasteiger partial charge in [0, 0.05) is 5.56 Å². The normalized spacial score (nSPS) is 10.1. The summed E-state index contributed by atoms with van der Waals surface area (Å²) in [6.45, 7) is 1.71. The van der Waals surface area contributed by atoms with Gasteiger partial charge in [-0.25, -0.2) is 8.78 Å². The average Bonchev–Trinajstić information content (AvgIpc) is 2.17. The van der Waals surface area contributed by atoms with Crippen LogP contribution in [-0.2, 0) is 6.42 Å². The Morgan fingerprint density at radius 3 is 2.60 bits per heavy atom. The molecule has 2 nitrogen and oxygen atoms in total. The lowest BCUT2D eigenvalue weighted by Gasteiger charge is -2.12.